The van der Waals surface area contributed by atoms with Gasteiger partial charge in [-0.15, -0.1) is 0 Å². The number of ether oxygens (including phenoxy) is 1. The molecule has 0 atom stereocenters. The Morgan fingerprint density at radius 2 is 1.77 bits per heavy atom. The summed E-state index contributed by atoms with van der Waals surface area (Å²) in [6.07, 6.45) is 1.57. The first-order valence-corrected chi connectivity index (χ1v) is 7.93. The van der Waals surface area contributed by atoms with E-state index in [-0.39, 0.29) is 11.3 Å². The van der Waals surface area contributed by atoms with E-state index in [9.17, 15) is 14.4 Å². The quantitative estimate of drug-likeness (QED) is 0.347. The number of Topliss-reactive ketones (excluding diaryl/α,β-unsaturated/α-hetero) is 1. The van der Waals surface area contributed by atoms with Gasteiger partial charge in [-0.1, -0.05) is 36.4 Å². The number of rotatable bonds is 4. The number of aromatic amines is 1. The van der Waals surface area contributed by atoms with Gasteiger partial charge >= 0.3 is 11.6 Å². The van der Waals surface area contributed by atoms with E-state index < -0.39 is 18.2 Å². The van der Waals surface area contributed by atoms with Crippen molar-refractivity contribution in [1.29, 1.82) is 0 Å². The lowest BCUT2D eigenvalue weighted by atomic mass is 10.1. The number of carbonyl (C=O) groups is 2. The van der Waals surface area contributed by atoms with Crippen molar-refractivity contribution in [2.75, 3.05) is 6.61 Å². The second kappa shape index (κ2) is 6.33. The minimum atomic E-state index is -0.891. The number of hydrogen-bond donors (Lipinski definition) is 1. The summed E-state index contributed by atoms with van der Waals surface area (Å²) in [5, 5.41) is 1.35. The molecule has 6 heteroatoms. The van der Waals surface area contributed by atoms with Crippen LogP contribution in [0, 0.1) is 0 Å². The summed E-state index contributed by atoms with van der Waals surface area (Å²) in [5.74, 6) is -1.25. The molecule has 0 saturated heterocycles. The van der Waals surface area contributed by atoms with Crippen molar-refractivity contribution in [3.05, 3.63) is 82.3 Å². The minimum absolute atomic E-state index is 0.240. The van der Waals surface area contributed by atoms with Gasteiger partial charge in [-0.25, -0.2) is 9.59 Å². The molecule has 0 bridgehead atoms. The number of aromatic nitrogens is 1. The number of nitrogens with one attached hydrogen (secondary N) is 1. The van der Waals surface area contributed by atoms with Crippen LogP contribution in [0.15, 0.2) is 70.0 Å². The van der Waals surface area contributed by atoms with Gasteiger partial charge in [0.1, 0.15) is 11.1 Å². The molecule has 6 nitrogen and oxygen atoms in total. The van der Waals surface area contributed by atoms with Crippen molar-refractivity contribution in [3.63, 3.8) is 0 Å². The van der Waals surface area contributed by atoms with E-state index in [4.69, 9.17) is 9.15 Å². The van der Waals surface area contributed by atoms with Crippen LogP contribution >= 0.6 is 0 Å². The highest BCUT2D eigenvalue weighted by Crippen LogP contribution is 2.18. The van der Waals surface area contributed by atoms with Crippen LogP contribution in [-0.2, 0) is 4.74 Å². The largest absolute Gasteiger partial charge is 0.453 e. The lowest BCUT2D eigenvalue weighted by molar-refractivity contribution is 0.0471. The van der Waals surface area contributed by atoms with E-state index in [0.29, 0.717) is 16.5 Å². The average molecular weight is 347 g/mol. The van der Waals surface area contributed by atoms with Gasteiger partial charge in [-0.3, -0.25) is 4.79 Å². The van der Waals surface area contributed by atoms with Gasteiger partial charge in [0.05, 0.1) is 0 Å². The van der Waals surface area contributed by atoms with E-state index in [2.05, 4.69) is 4.98 Å². The minimum Gasteiger partial charge on any atom is -0.453 e. The third kappa shape index (κ3) is 2.77. The van der Waals surface area contributed by atoms with Crippen molar-refractivity contribution < 1.29 is 18.7 Å². The van der Waals surface area contributed by atoms with E-state index in [1.54, 1.807) is 36.5 Å². The Bertz CT molecular complexity index is 1200. The molecule has 0 fully saturated rings. The lowest BCUT2D eigenvalue weighted by Gasteiger charge is -2.04. The fourth-order valence-corrected chi connectivity index (χ4v) is 2.79. The number of ketones is 1. The summed E-state index contributed by atoms with van der Waals surface area (Å²) >= 11 is 0. The highest BCUT2D eigenvalue weighted by molar-refractivity contribution is 6.09. The summed E-state index contributed by atoms with van der Waals surface area (Å²) in [7, 11) is 0. The van der Waals surface area contributed by atoms with Crippen LogP contribution in [0.1, 0.15) is 20.7 Å². The Labute approximate surface area is 147 Å². The molecule has 0 aliphatic rings. The predicted octanol–water partition coefficient (Wildman–Crippen LogP) is 3.31. The molecule has 1 N–H and O–H groups in total. The van der Waals surface area contributed by atoms with Crippen molar-refractivity contribution in [3.8, 4) is 0 Å². The monoisotopic (exact) mass is 347 g/mol. The molecule has 2 heterocycles. The van der Waals surface area contributed by atoms with Crippen LogP contribution in [0.2, 0.25) is 0 Å². The predicted molar refractivity (Wildman–Crippen MR) is 95.4 cm³/mol. The van der Waals surface area contributed by atoms with Crippen LogP contribution in [0.4, 0.5) is 0 Å². The highest BCUT2D eigenvalue weighted by Gasteiger charge is 2.18. The summed E-state index contributed by atoms with van der Waals surface area (Å²) < 4.78 is 10.1. The molecule has 0 aliphatic carbocycles. The van der Waals surface area contributed by atoms with Crippen LogP contribution < -0.4 is 5.63 Å². The van der Waals surface area contributed by atoms with Gasteiger partial charge < -0.3 is 14.1 Å². The molecule has 0 radical (unpaired) electrons. The average Bonchev–Trinajstić information content (AvgIpc) is 3.09. The maximum absolute atomic E-state index is 12.4. The van der Waals surface area contributed by atoms with Gasteiger partial charge in [0, 0.05) is 28.0 Å². The van der Waals surface area contributed by atoms with E-state index in [1.807, 2.05) is 18.2 Å². The second-order valence-corrected chi connectivity index (χ2v) is 5.73. The van der Waals surface area contributed by atoms with Crippen LogP contribution in [0.3, 0.4) is 0 Å². The smallest absolute Gasteiger partial charge is 0.351 e. The molecule has 0 spiro atoms. The summed E-state index contributed by atoms with van der Waals surface area (Å²) in [5.41, 5.74) is 0.587. The number of fused-ring (bicyclic) bond motifs is 2. The van der Waals surface area contributed by atoms with E-state index in [1.165, 1.54) is 6.07 Å². The zero-order valence-electron chi connectivity index (χ0n) is 13.5. The molecule has 0 unspecified atom stereocenters. The van der Waals surface area contributed by atoms with Crippen LogP contribution in [0.25, 0.3) is 21.9 Å². The Hall–Kier alpha value is -3.67. The van der Waals surface area contributed by atoms with Gasteiger partial charge in [0.2, 0.25) is 5.78 Å². The number of H-pyrrole nitrogens is 1. The Morgan fingerprint density at radius 3 is 2.65 bits per heavy atom. The fourth-order valence-electron chi connectivity index (χ4n) is 2.79. The SMILES string of the molecule is O=C(OCC(=O)c1c[nH]c2ccccc12)c1cc2ccccc2oc1=O. The molecule has 0 aliphatic heterocycles. The standard InChI is InChI=1S/C20H13NO5/c22-17(15-10-21-16-7-3-2-6-13(15)16)11-25-19(23)14-9-12-5-1-4-8-18(12)26-20(14)24/h1-10,21H,11H2. The van der Waals surface area contributed by atoms with Crippen molar-refractivity contribution in [2.24, 2.45) is 0 Å². The molecular formula is C20H13NO5. The Morgan fingerprint density at radius 1 is 1.00 bits per heavy atom. The number of carbonyl (C=O) groups excluding carboxylic acids is 2. The molecule has 2 aromatic heterocycles. The molecule has 26 heavy (non-hydrogen) atoms. The van der Waals surface area contributed by atoms with Crippen molar-refractivity contribution in [2.45, 2.75) is 0 Å². The third-order valence-electron chi connectivity index (χ3n) is 4.09. The number of benzene rings is 2. The zero-order valence-corrected chi connectivity index (χ0v) is 13.5. The summed E-state index contributed by atoms with van der Waals surface area (Å²) in [6, 6.07) is 15.6. The van der Waals surface area contributed by atoms with Crippen LogP contribution in [0.5, 0.6) is 0 Å². The van der Waals surface area contributed by atoms with Gasteiger partial charge in [0.15, 0.2) is 6.61 Å². The van der Waals surface area contributed by atoms with Crippen LogP contribution in [-0.4, -0.2) is 23.3 Å². The molecule has 0 saturated carbocycles. The maximum atomic E-state index is 12.4. The van der Waals surface area contributed by atoms with E-state index >= 15 is 0 Å². The molecule has 2 aromatic carbocycles. The molecular weight excluding hydrogens is 334 g/mol. The van der Waals surface area contributed by atoms with Gasteiger partial charge in [-0.2, -0.15) is 0 Å². The number of esters is 1. The van der Waals surface area contributed by atoms with E-state index in [0.717, 1.165) is 10.9 Å². The zero-order chi connectivity index (χ0) is 18.1. The fraction of sp³-hybridized carbons (Fsp3) is 0.0500. The first kappa shape index (κ1) is 15.8. The topological polar surface area (TPSA) is 89.4 Å². The summed E-state index contributed by atoms with van der Waals surface area (Å²) in [6.45, 7) is -0.465. The third-order valence-corrected chi connectivity index (χ3v) is 4.09. The maximum Gasteiger partial charge on any atom is 0.351 e. The molecule has 0 amide bonds. The summed E-state index contributed by atoms with van der Waals surface area (Å²) in [4.78, 5) is 39.5. The lowest BCUT2D eigenvalue weighted by Crippen LogP contribution is -2.19. The first-order chi connectivity index (χ1) is 12.6. The number of hydrogen-bond acceptors (Lipinski definition) is 5. The van der Waals surface area contributed by atoms with Gasteiger partial charge in [0.25, 0.3) is 0 Å². The molecule has 4 aromatic rings. The molecule has 4 rings (SSSR count). The van der Waals surface area contributed by atoms with Crippen molar-refractivity contribution >= 4 is 33.6 Å². The Balaban J connectivity index is 1.54. The molecule has 128 valence electrons. The Kier molecular flexibility index (Phi) is 3.85. The number of para-hydroxylation sites is 2. The highest BCUT2D eigenvalue weighted by atomic mass is 16.5. The normalized spacial score (nSPS) is 10.9. The van der Waals surface area contributed by atoms with Crippen molar-refractivity contribution in [1.82, 2.24) is 4.98 Å². The van der Waals surface area contributed by atoms with Gasteiger partial charge in [-0.05, 0) is 18.2 Å². The second-order valence-electron chi connectivity index (χ2n) is 5.73. The first-order valence-electron chi connectivity index (χ1n) is 7.93.